The van der Waals surface area contributed by atoms with Gasteiger partial charge in [-0.1, -0.05) is 31.5 Å². The molecule has 0 aromatic heterocycles. The molecule has 1 saturated heterocycles. The van der Waals surface area contributed by atoms with Gasteiger partial charge >= 0.3 is 11.9 Å². The quantitative estimate of drug-likeness (QED) is 0.148. The molecule has 0 radical (unpaired) electrons. The van der Waals surface area contributed by atoms with Gasteiger partial charge in [0.05, 0.1) is 41.5 Å². The number of rotatable bonds is 18. The highest BCUT2D eigenvalue weighted by atomic mass is 16.5. The maximum Gasteiger partial charge on any atom is 0.341 e. The second kappa shape index (κ2) is 18.7. The van der Waals surface area contributed by atoms with E-state index in [0.29, 0.717) is 77.9 Å². The smallest absolute Gasteiger partial charge is 0.341 e. The lowest BCUT2D eigenvalue weighted by atomic mass is 9.90. The number of methoxy groups -OCH3 is 5. The molecule has 1 aliphatic heterocycles. The minimum absolute atomic E-state index is 0.168. The highest BCUT2D eigenvalue weighted by Crippen LogP contribution is 2.42. The van der Waals surface area contributed by atoms with E-state index < -0.39 is 36.6 Å². The normalized spacial score (nSPS) is 15.3. The maximum atomic E-state index is 14.4. The van der Waals surface area contributed by atoms with E-state index in [9.17, 15) is 14.4 Å². The molecular weight excluding hydrogens is 658 g/mol. The van der Waals surface area contributed by atoms with Gasteiger partial charge in [-0.2, -0.15) is 0 Å². The molecule has 0 spiro atoms. The van der Waals surface area contributed by atoms with E-state index in [-0.39, 0.29) is 5.91 Å². The Kier molecular flexibility index (Phi) is 14.2. The van der Waals surface area contributed by atoms with Crippen LogP contribution < -0.4 is 28.4 Å². The zero-order valence-electron chi connectivity index (χ0n) is 30.3. The van der Waals surface area contributed by atoms with Crippen LogP contribution in [0.25, 0.3) is 0 Å². The zero-order chi connectivity index (χ0) is 36.9. The molecule has 3 aromatic rings. The molecule has 1 amide bonds. The van der Waals surface area contributed by atoms with Crippen LogP contribution in [-0.4, -0.2) is 82.6 Å². The summed E-state index contributed by atoms with van der Waals surface area (Å²) in [4.78, 5) is 41.4. The maximum absolute atomic E-state index is 14.4. The summed E-state index contributed by atoms with van der Waals surface area (Å²) in [5.41, 5.74) is 2.29. The van der Waals surface area contributed by atoms with E-state index in [2.05, 4.69) is 0 Å². The van der Waals surface area contributed by atoms with Crippen molar-refractivity contribution in [1.82, 2.24) is 4.90 Å². The number of likely N-dealkylation sites (tertiary alicyclic amines) is 1. The summed E-state index contributed by atoms with van der Waals surface area (Å²) in [6.07, 6.45) is 3.46. The number of nitrogens with zero attached hydrogens (tertiary/aromatic N) is 1. The number of carbonyl (C=O) groups excluding carboxylic acids is 2. The van der Waals surface area contributed by atoms with Gasteiger partial charge in [0.15, 0.2) is 29.6 Å². The summed E-state index contributed by atoms with van der Waals surface area (Å²) in [7, 11) is 7.73. The number of aryl methyl sites for hydroxylation is 1. The molecule has 1 N–H and O–H groups in total. The van der Waals surface area contributed by atoms with Crippen LogP contribution >= 0.6 is 0 Å². The van der Waals surface area contributed by atoms with Crippen LogP contribution in [-0.2, 0) is 25.5 Å². The van der Waals surface area contributed by atoms with E-state index >= 15 is 0 Å². The molecule has 1 heterocycles. The highest BCUT2D eigenvalue weighted by molar-refractivity contribution is 5.89. The molecule has 12 heteroatoms. The molecule has 1 aliphatic rings. The predicted octanol–water partition coefficient (Wildman–Crippen LogP) is 6.38. The Labute approximate surface area is 299 Å². The molecule has 0 aliphatic carbocycles. The number of amides is 1. The number of carboxylic acids is 1. The lowest BCUT2D eigenvalue weighted by Gasteiger charge is -2.37. The fourth-order valence-electron chi connectivity index (χ4n) is 6.46. The van der Waals surface area contributed by atoms with Crippen LogP contribution in [0, 0.1) is 0 Å². The summed E-state index contributed by atoms with van der Waals surface area (Å²) in [6.45, 7) is 1.92. The van der Waals surface area contributed by atoms with E-state index in [4.69, 9.17) is 38.3 Å². The Bertz CT molecular complexity index is 1620. The Morgan fingerprint density at radius 2 is 1.51 bits per heavy atom. The number of carbonyl (C=O) groups is 3. The van der Waals surface area contributed by atoms with E-state index in [0.717, 1.165) is 24.8 Å². The summed E-state index contributed by atoms with van der Waals surface area (Å²) < 4.78 is 39.2. The second-order valence-corrected chi connectivity index (χ2v) is 12.3. The second-order valence-electron chi connectivity index (χ2n) is 12.3. The van der Waals surface area contributed by atoms with Crippen molar-refractivity contribution in [2.45, 2.75) is 69.9 Å². The number of esters is 1. The highest BCUT2D eigenvalue weighted by Gasteiger charge is 2.38. The van der Waals surface area contributed by atoms with E-state index in [1.807, 2.05) is 31.2 Å². The Hall–Kier alpha value is -5.13. The van der Waals surface area contributed by atoms with Crippen LogP contribution in [0.15, 0.2) is 54.6 Å². The van der Waals surface area contributed by atoms with Crippen molar-refractivity contribution >= 4 is 17.8 Å². The van der Waals surface area contributed by atoms with Crippen LogP contribution in [0.2, 0.25) is 0 Å². The molecule has 3 aromatic carbocycles. The van der Waals surface area contributed by atoms with Crippen molar-refractivity contribution in [2.24, 2.45) is 0 Å². The number of benzene rings is 3. The predicted molar refractivity (Wildman–Crippen MR) is 189 cm³/mol. The van der Waals surface area contributed by atoms with Crippen LogP contribution in [0.1, 0.15) is 74.2 Å². The first-order chi connectivity index (χ1) is 24.7. The van der Waals surface area contributed by atoms with E-state index in [1.165, 1.54) is 21.3 Å². The average molecular weight is 708 g/mol. The fraction of sp³-hybridized carbons (Fsp3) is 0.462. The number of piperidine rings is 1. The van der Waals surface area contributed by atoms with Crippen molar-refractivity contribution in [2.75, 3.05) is 48.7 Å². The molecule has 4 rings (SSSR count). The first-order valence-corrected chi connectivity index (χ1v) is 17.1. The van der Waals surface area contributed by atoms with Gasteiger partial charge < -0.3 is 43.2 Å². The monoisotopic (exact) mass is 707 g/mol. The van der Waals surface area contributed by atoms with E-state index in [1.54, 1.807) is 49.5 Å². The Morgan fingerprint density at radius 3 is 2.14 bits per heavy atom. The number of carboxylic acid groups (broad SMARTS) is 1. The number of ether oxygens (including phenoxy) is 7. The third kappa shape index (κ3) is 9.77. The SMILES string of the molecule is CCC[C@@H](C(=O)N1CCCC[C@H]1C(=O)OC(CCc1ccc(OC)c(OC)c1)c1cccc(OCC(=O)O)c1)c1cc(OC)c(OC)c(OC)c1. The average Bonchev–Trinajstić information content (AvgIpc) is 3.16. The third-order valence-corrected chi connectivity index (χ3v) is 9.02. The summed E-state index contributed by atoms with van der Waals surface area (Å²) in [5.74, 6) is 0.514. The van der Waals surface area contributed by atoms with Crippen molar-refractivity contribution in [3.8, 4) is 34.5 Å². The Balaban J connectivity index is 1.63. The van der Waals surface area contributed by atoms with Crippen LogP contribution in [0.3, 0.4) is 0 Å². The zero-order valence-corrected chi connectivity index (χ0v) is 30.3. The Morgan fingerprint density at radius 1 is 0.804 bits per heavy atom. The molecule has 1 fully saturated rings. The lowest BCUT2D eigenvalue weighted by Crippen LogP contribution is -2.50. The fourth-order valence-corrected chi connectivity index (χ4v) is 6.46. The van der Waals surface area contributed by atoms with Crippen molar-refractivity contribution < 1.29 is 52.6 Å². The largest absolute Gasteiger partial charge is 0.493 e. The van der Waals surface area contributed by atoms with Gasteiger partial charge in [0.2, 0.25) is 11.7 Å². The summed E-state index contributed by atoms with van der Waals surface area (Å²) in [6, 6.07) is 15.3. The van der Waals surface area contributed by atoms with Gasteiger partial charge in [0.25, 0.3) is 0 Å². The third-order valence-electron chi connectivity index (χ3n) is 9.02. The minimum Gasteiger partial charge on any atom is -0.493 e. The molecule has 0 bridgehead atoms. The van der Waals surface area contributed by atoms with Gasteiger partial charge in [0.1, 0.15) is 17.9 Å². The van der Waals surface area contributed by atoms with Gasteiger partial charge in [-0.15, -0.1) is 0 Å². The van der Waals surface area contributed by atoms with Crippen LogP contribution in [0.4, 0.5) is 0 Å². The summed E-state index contributed by atoms with van der Waals surface area (Å²) >= 11 is 0. The van der Waals surface area contributed by atoms with Gasteiger partial charge in [-0.05, 0) is 91.6 Å². The molecule has 12 nitrogen and oxygen atoms in total. The molecule has 3 atom stereocenters. The topological polar surface area (TPSA) is 139 Å². The number of hydrogen-bond acceptors (Lipinski definition) is 10. The van der Waals surface area contributed by atoms with Gasteiger partial charge in [-0.3, -0.25) is 4.79 Å². The standard InChI is InChI=1S/C39H49NO11/c1-7-11-29(27-22-34(47-4)37(49-6)35(23-27)48-5)38(43)40-19-9-8-14-30(40)39(44)51-31(26-12-10-13-28(21-26)50-24-36(41)42)17-15-25-16-18-32(45-2)33(20-25)46-3/h10,12-13,16,18,20-23,29-31H,7-9,11,14-15,17,19,24H2,1-6H3,(H,41,42)/t29-,30+,31?/m1/s1. The van der Waals surface area contributed by atoms with Crippen LogP contribution in [0.5, 0.6) is 34.5 Å². The van der Waals surface area contributed by atoms with Crippen molar-refractivity contribution in [1.29, 1.82) is 0 Å². The van der Waals surface area contributed by atoms with Gasteiger partial charge in [0, 0.05) is 6.54 Å². The lowest BCUT2D eigenvalue weighted by molar-refractivity contribution is -0.162. The molecule has 0 saturated carbocycles. The van der Waals surface area contributed by atoms with Crippen molar-refractivity contribution in [3.05, 3.63) is 71.3 Å². The minimum atomic E-state index is -1.10. The molecule has 276 valence electrons. The number of hydrogen-bond donors (Lipinski definition) is 1. The molecule has 1 unspecified atom stereocenters. The first kappa shape index (κ1) is 38.7. The van der Waals surface area contributed by atoms with Crippen molar-refractivity contribution in [3.63, 3.8) is 0 Å². The summed E-state index contributed by atoms with van der Waals surface area (Å²) in [5, 5.41) is 9.13. The molecule has 51 heavy (non-hydrogen) atoms. The number of aliphatic carboxylic acids is 1. The molecular formula is C39H49NO11. The van der Waals surface area contributed by atoms with Gasteiger partial charge in [-0.25, -0.2) is 9.59 Å². The first-order valence-electron chi connectivity index (χ1n) is 17.1.